The van der Waals surface area contributed by atoms with E-state index in [2.05, 4.69) is 0 Å². The molecule has 0 rings (SSSR count). The first-order chi connectivity index (χ1) is 8.66. The number of hydrogen-bond donors (Lipinski definition) is 0. The third kappa shape index (κ3) is 397. The van der Waals surface area contributed by atoms with Gasteiger partial charge in [-0.15, -0.1) is 0 Å². The fraction of sp³-hybridized carbons (Fsp3) is 0. The summed E-state index contributed by atoms with van der Waals surface area (Å²) >= 11 is 0. The van der Waals surface area contributed by atoms with E-state index in [1.54, 1.807) is 0 Å². The monoisotopic (exact) mass is 690 g/mol. The van der Waals surface area contributed by atoms with Gasteiger partial charge < -0.3 is 75.0 Å². The Bertz CT molecular complexity index is 229. The average Bonchev–Trinajstić information content (AvgIpc) is 1.94. The number of hydrogen-bond acceptors (Lipinski definition) is 15. The molecule has 0 unspecified atom stereocenters. The largest absolute Gasteiger partial charge is 1.00 e. The zero-order valence-corrected chi connectivity index (χ0v) is 49.9. The Morgan fingerprint density at radius 3 is 0.233 bits per heavy atom. The second-order valence-corrected chi connectivity index (χ2v) is 1.25. The number of carbonyl (C=O) groups excluding carboxylic acids is 5. The molecule has 0 fully saturated rings. The fourth-order valence-corrected chi connectivity index (χ4v) is 0. The summed E-state index contributed by atoms with van der Waals surface area (Å²) in [4.78, 5) is 41.7. The summed E-state index contributed by atoms with van der Waals surface area (Å²) in [6.45, 7) is 0. The van der Waals surface area contributed by atoms with E-state index >= 15 is 0 Å². The van der Waals surface area contributed by atoms with Crippen molar-refractivity contribution in [1.82, 2.24) is 0 Å². The van der Waals surface area contributed by atoms with Crippen molar-refractivity contribution in [2.75, 3.05) is 0 Å². The first-order valence-electron chi connectivity index (χ1n) is 3.06. The molecule has 0 aliphatic heterocycles. The summed E-state index contributed by atoms with van der Waals surface area (Å²) in [7, 11) is 0. The Morgan fingerprint density at radius 2 is 0.233 bits per heavy atom. The van der Waals surface area contributed by atoms with Crippen LogP contribution < -0.4 is 565 Å². The minimum atomic E-state index is -2.33. The molecule has 25 heteroatoms. The van der Waals surface area contributed by atoms with Gasteiger partial charge in [0.15, 0.2) is 0 Å². The van der Waals surface area contributed by atoms with Gasteiger partial charge in [0.2, 0.25) is 0 Å². The van der Waals surface area contributed by atoms with E-state index in [9.17, 15) is 0 Å². The molecule has 0 atom stereocenters. The van der Waals surface area contributed by atoms with Crippen LogP contribution in [0, 0.1) is 0 Å². The maximum Gasteiger partial charge on any atom is 1.00 e. The SMILES string of the molecule is O=C([O-])[O-].O=C([O-])[O-].O=C([O-])[O-].O=C([O-])[O-].O=C([O-])[O-].[K+].[K+].[K+].[K+].[K+].[K+].[K+].[K+].[K+].[K+]. The van der Waals surface area contributed by atoms with Gasteiger partial charge in [0.05, 0.1) is 0 Å². The third-order valence-corrected chi connectivity index (χ3v) is 0. The van der Waals surface area contributed by atoms with Gasteiger partial charge >= 0.3 is 514 Å². The first kappa shape index (κ1) is 96.8. The molecule has 120 valence electrons. The van der Waals surface area contributed by atoms with Gasteiger partial charge in [-0.05, 0) is 30.8 Å². The van der Waals surface area contributed by atoms with Crippen LogP contribution in [0.3, 0.4) is 0 Å². The molecular formula is C5K10O15. The molecule has 0 bridgehead atoms. The summed E-state index contributed by atoms with van der Waals surface area (Å²) in [6.07, 6.45) is -11.7. The van der Waals surface area contributed by atoms with E-state index < -0.39 is 30.8 Å². The molecule has 0 aliphatic rings. The molecule has 0 heterocycles. The summed E-state index contributed by atoms with van der Waals surface area (Å²) in [5.41, 5.74) is 0. The van der Waals surface area contributed by atoms with Crippen LogP contribution in [0.4, 0.5) is 24.0 Å². The topological polar surface area (TPSA) is 316 Å². The maximum atomic E-state index is 8.33. The molecule has 0 amide bonds. The summed E-state index contributed by atoms with van der Waals surface area (Å²) < 4.78 is 0. The van der Waals surface area contributed by atoms with Crippen molar-refractivity contribution in [2.24, 2.45) is 0 Å². The second kappa shape index (κ2) is 90.0. The molecule has 0 spiro atoms. The molecule has 30 heavy (non-hydrogen) atoms. The van der Waals surface area contributed by atoms with E-state index in [-0.39, 0.29) is 514 Å². The third-order valence-electron chi connectivity index (χ3n) is 0. The van der Waals surface area contributed by atoms with Gasteiger partial charge in [-0.1, -0.05) is 0 Å². The fourth-order valence-electron chi connectivity index (χ4n) is 0. The molecule has 0 N–H and O–H groups in total. The van der Waals surface area contributed by atoms with Crippen molar-refractivity contribution in [1.29, 1.82) is 0 Å². The number of rotatable bonds is 0. The van der Waals surface area contributed by atoms with E-state index in [4.69, 9.17) is 75.0 Å². The van der Waals surface area contributed by atoms with Gasteiger partial charge in [-0.2, -0.15) is 0 Å². The van der Waals surface area contributed by atoms with Crippen LogP contribution in [0.15, 0.2) is 0 Å². The van der Waals surface area contributed by atoms with Crippen molar-refractivity contribution in [3.63, 3.8) is 0 Å². The molecule has 0 saturated carbocycles. The van der Waals surface area contributed by atoms with Gasteiger partial charge in [0.25, 0.3) is 0 Å². The molecular weight excluding hydrogens is 691 g/mol. The minimum Gasteiger partial charge on any atom is -0.652 e. The van der Waals surface area contributed by atoms with Crippen LogP contribution in [0.1, 0.15) is 0 Å². The molecule has 0 saturated heterocycles. The number of carboxylic acid groups (broad SMARTS) is 10. The first-order valence-corrected chi connectivity index (χ1v) is 3.06. The smallest absolute Gasteiger partial charge is 0.652 e. The van der Waals surface area contributed by atoms with Crippen molar-refractivity contribution in [3.8, 4) is 0 Å². The molecule has 0 radical (unpaired) electrons. The minimum absolute atomic E-state index is 0. The molecule has 0 aromatic rings. The average molecular weight is 691 g/mol. The molecule has 0 aliphatic carbocycles. The van der Waals surface area contributed by atoms with E-state index in [0.29, 0.717) is 0 Å². The van der Waals surface area contributed by atoms with E-state index in [1.807, 2.05) is 0 Å². The second-order valence-electron chi connectivity index (χ2n) is 1.25. The number of carbonyl (C=O) groups is 5. The van der Waals surface area contributed by atoms with Crippen molar-refractivity contribution in [2.45, 2.75) is 0 Å². The Morgan fingerprint density at radius 1 is 0.233 bits per heavy atom. The summed E-state index contributed by atoms with van der Waals surface area (Å²) in [5, 5.41) is 83.3. The van der Waals surface area contributed by atoms with Crippen molar-refractivity contribution >= 4 is 30.8 Å². The summed E-state index contributed by atoms with van der Waals surface area (Å²) in [6, 6.07) is 0. The normalized spacial score (nSPS) is 4.00. The Kier molecular flexibility index (Phi) is 290. The quantitative estimate of drug-likeness (QED) is 0.213. The van der Waals surface area contributed by atoms with Crippen LogP contribution in [0.5, 0.6) is 0 Å². The predicted octanol–water partition coefficient (Wildman–Crippen LogP) is -42.2. The van der Waals surface area contributed by atoms with Crippen molar-refractivity contribution in [3.05, 3.63) is 0 Å². The van der Waals surface area contributed by atoms with Gasteiger partial charge in [-0.25, -0.2) is 0 Å². The Hall–Kier alpha value is 12.7. The molecule has 0 aromatic heterocycles. The maximum absolute atomic E-state index is 8.33. The van der Waals surface area contributed by atoms with Crippen LogP contribution in [0.2, 0.25) is 0 Å². The van der Waals surface area contributed by atoms with Crippen LogP contribution in [-0.2, 0) is 0 Å². The summed E-state index contributed by atoms with van der Waals surface area (Å²) in [5.74, 6) is 0. The zero-order chi connectivity index (χ0) is 17.9. The van der Waals surface area contributed by atoms with Crippen LogP contribution in [0.25, 0.3) is 0 Å². The Labute approximate surface area is 596 Å². The van der Waals surface area contributed by atoms with E-state index in [1.165, 1.54) is 0 Å². The van der Waals surface area contributed by atoms with Crippen molar-refractivity contribution < 1.29 is 589 Å². The van der Waals surface area contributed by atoms with Gasteiger partial charge in [-0.3, -0.25) is 0 Å². The van der Waals surface area contributed by atoms with Crippen LogP contribution in [-0.4, -0.2) is 30.8 Å². The van der Waals surface area contributed by atoms with E-state index in [0.717, 1.165) is 0 Å². The standard InChI is InChI=1S/5CH2O3.10K/c5*2-1(3)4;;;;;;;;;;/h5*(H2,2,3,4);;;;;;;;;;/q;;;;;10*+1/p-10. The van der Waals surface area contributed by atoms with Crippen LogP contribution >= 0.6 is 0 Å². The molecule has 15 nitrogen and oxygen atoms in total. The Balaban J connectivity index is -0.00000000666. The van der Waals surface area contributed by atoms with Gasteiger partial charge in [0, 0.05) is 0 Å². The molecule has 0 aromatic carbocycles. The predicted molar refractivity (Wildman–Crippen MR) is 27.0 cm³/mol. The zero-order valence-electron chi connectivity index (χ0n) is 18.6. The van der Waals surface area contributed by atoms with Gasteiger partial charge in [0.1, 0.15) is 0 Å².